The van der Waals surface area contributed by atoms with Gasteiger partial charge in [-0.25, -0.2) is 4.39 Å². The van der Waals surface area contributed by atoms with Crippen LogP contribution < -0.4 is 4.74 Å². The van der Waals surface area contributed by atoms with Crippen LogP contribution in [0, 0.1) is 5.82 Å². The molecule has 0 radical (unpaired) electrons. The average Bonchev–Trinajstić information content (AvgIpc) is 2.82. The predicted octanol–water partition coefficient (Wildman–Crippen LogP) is 1.90. The molecule has 0 unspecified atom stereocenters. The molecule has 1 aromatic carbocycles. The summed E-state index contributed by atoms with van der Waals surface area (Å²) in [5.41, 5.74) is 0.209. The van der Waals surface area contributed by atoms with Crippen LogP contribution in [0.1, 0.15) is 18.4 Å². The molecule has 1 aromatic rings. The lowest BCUT2D eigenvalue weighted by Crippen LogP contribution is -2.10. The monoisotopic (exact) mass is 196 g/mol. The number of halogens is 1. The van der Waals surface area contributed by atoms with E-state index in [4.69, 9.17) is 4.74 Å². The molecule has 1 fully saturated rings. The van der Waals surface area contributed by atoms with E-state index in [1.54, 1.807) is 6.07 Å². The molecule has 0 saturated heterocycles. The number of methoxy groups -OCH3 is 1. The van der Waals surface area contributed by atoms with E-state index in [-0.39, 0.29) is 5.82 Å². The Bertz CT molecular complexity index is 345. The normalized spacial score (nSPS) is 17.9. The zero-order valence-corrected chi connectivity index (χ0v) is 8.09. The summed E-state index contributed by atoms with van der Waals surface area (Å²) >= 11 is 0. The summed E-state index contributed by atoms with van der Waals surface area (Å²) in [6.07, 6.45) is 2.14. The van der Waals surface area contributed by atoms with Crippen LogP contribution >= 0.6 is 0 Å². The van der Waals surface area contributed by atoms with Crippen molar-refractivity contribution in [1.82, 2.24) is 0 Å². The minimum Gasteiger partial charge on any atom is -0.497 e. The highest BCUT2D eigenvalue weighted by Crippen LogP contribution is 2.38. The first-order valence-electron chi connectivity index (χ1n) is 4.67. The molecule has 2 rings (SSSR count). The Kier molecular flexibility index (Phi) is 2.19. The Morgan fingerprint density at radius 1 is 1.43 bits per heavy atom. The average molecular weight is 196 g/mol. The van der Waals surface area contributed by atoms with Crippen LogP contribution in [-0.4, -0.2) is 17.8 Å². The maximum absolute atomic E-state index is 13.0. The van der Waals surface area contributed by atoms with E-state index in [0.717, 1.165) is 18.4 Å². The number of hydrogen-bond acceptors (Lipinski definition) is 2. The van der Waals surface area contributed by atoms with E-state index in [0.29, 0.717) is 12.2 Å². The minimum absolute atomic E-state index is 0.316. The number of aliphatic hydroxyl groups is 1. The van der Waals surface area contributed by atoms with Gasteiger partial charge >= 0.3 is 0 Å². The fourth-order valence-corrected chi connectivity index (χ4v) is 1.54. The molecule has 1 saturated carbocycles. The van der Waals surface area contributed by atoms with Gasteiger partial charge in [-0.1, -0.05) is 0 Å². The Morgan fingerprint density at radius 2 is 2.14 bits per heavy atom. The van der Waals surface area contributed by atoms with Crippen LogP contribution in [0.15, 0.2) is 18.2 Å². The molecule has 2 nitrogen and oxygen atoms in total. The first-order chi connectivity index (χ1) is 6.61. The molecule has 0 heterocycles. The van der Waals surface area contributed by atoms with Gasteiger partial charge in [0, 0.05) is 12.5 Å². The van der Waals surface area contributed by atoms with Crippen LogP contribution in [-0.2, 0) is 6.42 Å². The van der Waals surface area contributed by atoms with Crippen LogP contribution in [0.25, 0.3) is 0 Å². The third-order valence-electron chi connectivity index (χ3n) is 2.53. The van der Waals surface area contributed by atoms with Crippen LogP contribution in [0.3, 0.4) is 0 Å². The van der Waals surface area contributed by atoms with E-state index < -0.39 is 5.60 Å². The summed E-state index contributed by atoms with van der Waals surface area (Å²) in [6, 6.07) is 4.54. The molecule has 0 spiro atoms. The summed E-state index contributed by atoms with van der Waals surface area (Å²) in [5, 5.41) is 9.67. The highest BCUT2D eigenvalue weighted by atomic mass is 19.1. The van der Waals surface area contributed by atoms with Crippen molar-refractivity contribution in [2.75, 3.05) is 7.11 Å². The fourth-order valence-electron chi connectivity index (χ4n) is 1.54. The Balaban J connectivity index is 2.20. The molecule has 1 aliphatic rings. The first kappa shape index (κ1) is 9.46. The summed E-state index contributed by atoms with van der Waals surface area (Å²) in [5.74, 6) is 0.188. The molecular formula is C11H13FO2. The largest absolute Gasteiger partial charge is 0.497 e. The van der Waals surface area contributed by atoms with Gasteiger partial charge in [0.05, 0.1) is 12.7 Å². The second-order valence-corrected chi connectivity index (χ2v) is 3.90. The lowest BCUT2D eigenvalue weighted by atomic mass is 10.1. The predicted molar refractivity (Wildman–Crippen MR) is 50.8 cm³/mol. The van der Waals surface area contributed by atoms with Crippen molar-refractivity contribution in [1.29, 1.82) is 0 Å². The van der Waals surface area contributed by atoms with Gasteiger partial charge < -0.3 is 9.84 Å². The van der Waals surface area contributed by atoms with E-state index in [9.17, 15) is 9.50 Å². The third-order valence-corrected chi connectivity index (χ3v) is 2.53. The van der Waals surface area contributed by atoms with Crippen molar-refractivity contribution in [3.05, 3.63) is 29.6 Å². The lowest BCUT2D eigenvalue weighted by molar-refractivity contribution is 0.151. The van der Waals surface area contributed by atoms with E-state index >= 15 is 0 Å². The van der Waals surface area contributed by atoms with Gasteiger partial charge in [0.25, 0.3) is 0 Å². The maximum atomic E-state index is 13.0. The summed E-state index contributed by atoms with van der Waals surface area (Å²) in [7, 11) is 1.50. The minimum atomic E-state index is -0.585. The summed E-state index contributed by atoms with van der Waals surface area (Å²) in [6.45, 7) is 0. The van der Waals surface area contributed by atoms with Crippen molar-refractivity contribution in [3.63, 3.8) is 0 Å². The molecule has 76 valence electrons. The van der Waals surface area contributed by atoms with Gasteiger partial charge in [0.1, 0.15) is 11.6 Å². The van der Waals surface area contributed by atoms with Crippen LogP contribution in [0.2, 0.25) is 0 Å². The number of hydrogen-bond donors (Lipinski definition) is 1. The Labute approximate surface area is 82.3 Å². The molecule has 1 aliphatic carbocycles. The molecule has 14 heavy (non-hydrogen) atoms. The second-order valence-electron chi connectivity index (χ2n) is 3.90. The molecule has 3 heteroatoms. The first-order valence-corrected chi connectivity index (χ1v) is 4.67. The fraction of sp³-hybridized carbons (Fsp3) is 0.455. The van der Waals surface area contributed by atoms with E-state index in [1.807, 2.05) is 0 Å². The lowest BCUT2D eigenvalue weighted by Gasteiger charge is -2.09. The summed E-state index contributed by atoms with van der Waals surface area (Å²) < 4.78 is 18.0. The van der Waals surface area contributed by atoms with Crippen molar-refractivity contribution < 1.29 is 14.2 Å². The van der Waals surface area contributed by atoms with E-state index in [2.05, 4.69) is 0 Å². The molecule has 0 aliphatic heterocycles. The van der Waals surface area contributed by atoms with Gasteiger partial charge in [-0.15, -0.1) is 0 Å². The highest BCUT2D eigenvalue weighted by Gasteiger charge is 2.40. The molecular weight excluding hydrogens is 183 g/mol. The highest BCUT2D eigenvalue weighted by molar-refractivity contribution is 5.31. The van der Waals surface area contributed by atoms with Crippen LogP contribution in [0.5, 0.6) is 5.75 Å². The van der Waals surface area contributed by atoms with Gasteiger partial charge in [0.2, 0.25) is 0 Å². The van der Waals surface area contributed by atoms with Crippen LogP contribution in [0.4, 0.5) is 4.39 Å². The van der Waals surface area contributed by atoms with Gasteiger partial charge in [0.15, 0.2) is 0 Å². The smallest absolute Gasteiger partial charge is 0.127 e. The maximum Gasteiger partial charge on any atom is 0.127 e. The summed E-state index contributed by atoms with van der Waals surface area (Å²) in [4.78, 5) is 0. The van der Waals surface area contributed by atoms with Crippen molar-refractivity contribution in [2.45, 2.75) is 24.9 Å². The van der Waals surface area contributed by atoms with Crippen molar-refractivity contribution in [2.24, 2.45) is 0 Å². The molecule has 0 aromatic heterocycles. The number of ether oxygens (including phenoxy) is 1. The number of benzene rings is 1. The standard InChI is InChI=1S/C11H13FO2/c1-14-10-5-8(4-9(12)6-10)7-11(13)2-3-11/h4-6,13H,2-3,7H2,1H3. The zero-order chi connectivity index (χ0) is 10.2. The molecule has 0 amide bonds. The quantitative estimate of drug-likeness (QED) is 0.800. The third kappa shape index (κ3) is 2.04. The topological polar surface area (TPSA) is 29.5 Å². The Morgan fingerprint density at radius 3 is 2.71 bits per heavy atom. The molecule has 1 N–H and O–H groups in total. The second kappa shape index (κ2) is 3.24. The van der Waals surface area contributed by atoms with Crippen molar-refractivity contribution >= 4 is 0 Å². The Hall–Kier alpha value is -1.09. The molecule has 0 atom stereocenters. The van der Waals surface area contributed by atoms with E-state index in [1.165, 1.54) is 19.2 Å². The van der Waals surface area contributed by atoms with Gasteiger partial charge in [-0.05, 0) is 30.5 Å². The molecule has 0 bridgehead atoms. The van der Waals surface area contributed by atoms with Crippen molar-refractivity contribution in [3.8, 4) is 5.75 Å². The SMILES string of the molecule is COc1cc(F)cc(CC2(O)CC2)c1. The van der Waals surface area contributed by atoms with Gasteiger partial charge in [-0.3, -0.25) is 0 Å². The number of rotatable bonds is 3. The zero-order valence-electron chi connectivity index (χ0n) is 8.09. The van der Waals surface area contributed by atoms with Gasteiger partial charge in [-0.2, -0.15) is 0 Å².